The maximum atomic E-state index is 2.44. The molecule has 0 amide bonds. The lowest BCUT2D eigenvalue weighted by molar-refractivity contribution is 1.18. The summed E-state index contributed by atoms with van der Waals surface area (Å²) < 4.78 is 2.44. The standard InChI is InChI=1S/C58H40N2/c1-4-18-43(19-5-1)51-27-12-14-29-55(51)59(49-35-33-42(34-36-49)46-32-31-41-17-10-11-22-45(41)39-46)50-26-16-23-47(40-50)52-37-38-53(44-20-6-2-7-21-44)58-57(52)54-28-13-15-30-56(54)60(58)48-24-8-3-9-25-48/h1-40H. The molecule has 11 rings (SSSR count). The van der Waals surface area contributed by atoms with Gasteiger partial charge in [0, 0.05) is 39.0 Å². The molecule has 0 saturated carbocycles. The molecule has 1 aromatic heterocycles. The first-order valence-corrected chi connectivity index (χ1v) is 20.6. The Morgan fingerprint density at radius 1 is 0.317 bits per heavy atom. The number of anilines is 3. The van der Waals surface area contributed by atoms with Gasteiger partial charge in [-0.05, 0) is 98.8 Å². The molecule has 282 valence electrons. The first-order valence-electron chi connectivity index (χ1n) is 20.6. The minimum atomic E-state index is 1.08. The van der Waals surface area contributed by atoms with Crippen molar-refractivity contribution in [2.45, 2.75) is 0 Å². The molecule has 2 nitrogen and oxygen atoms in total. The van der Waals surface area contributed by atoms with Crippen LogP contribution >= 0.6 is 0 Å². The molecular formula is C58H40N2. The fourth-order valence-electron chi connectivity index (χ4n) is 8.98. The lowest BCUT2D eigenvalue weighted by Crippen LogP contribution is -2.11. The second-order valence-electron chi connectivity index (χ2n) is 15.3. The average molecular weight is 765 g/mol. The van der Waals surface area contributed by atoms with Crippen molar-refractivity contribution in [2.24, 2.45) is 0 Å². The van der Waals surface area contributed by atoms with Crippen LogP contribution in [0.3, 0.4) is 0 Å². The van der Waals surface area contributed by atoms with Crippen LogP contribution in [0.5, 0.6) is 0 Å². The Morgan fingerprint density at radius 3 is 1.70 bits per heavy atom. The van der Waals surface area contributed by atoms with Gasteiger partial charge in [0.2, 0.25) is 0 Å². The van der Waals surface area contributed by atoms with Crippen LogP contribution in [0.15, 0.2) is 243 Å². The maximum absolute atomic E-state index is 2.44. The summed E-state index contributed by atoms with van der Waals surface area (Å²) >= 11 is 0. The van der Waals surface area contributed by atoms with E-state index in [9.17, 15) is 0 Å². The van der Waals surface area contributed by atoms with Crippen molar-refractivity contribution in [3.05, 3.63) is 243 Å². The highest BCUT2D eigenvalue weighted by Gasteiger charge is 2.22. The number of fused-ring (bicyclic) bond motifs is 4. The van der Waals surface area contributed by atoms with E-state index in [1.807, 2.05) is 0 Å². The highest BCUT2D eigenvalue weighted by molar-refractivity contribution is 6.19. The van der Waals surface area contributed by atoms with Crippen LogP contribution in [-0.4, -0.2) is 4.57 Å². The van der Waals surface area contributed by atoms with Gasteiger partial charge in [0.25, 0.3) is 0 Å². The molecule has 0 bridgehead atoms. The minimum Gasteiger partial charge on any atom is -0.310 e. The van der Waals surface area contributed by atoms with E-state index in [2.05, 4.69) is 252 Å². The summed E-state index contributed by atoms with van der Waals surface area (Å²) in [5.41, 5.74) is 16.3. The number of hydrogen-bond donors (Lipinski definition) is 0. The van der Waals surface area contributed by atoms with Crippen molar-refractivity contribution in [1.29, 1.82) is 0 Å². The van der Waals surface area contributed by atoms with Crippen LogP contribution in [0.2, 0.25) is 0 Å². The molecule has 0 N–H and O–H groups in total. The fraction of sp³-hybridized carbons (Fsp3) is 0. The first kappa shape index (κ1) is 35.2. The number of nitrogens with zero attached hydrogens (tertiary/aromatic N) is 2. The molecule has 0 aliphatic rings. The third-order valence-corrected chi connectivity index (χ3v) is 11.8. The van der Waals surface area contributed by atoms with Gasteiger partial charge < -0.3 is 9.47 Å². The zero-order valence-electron chi connectivity index (χ0n) is 33.0. The largest absolute Gasteiger partial charge is 0.310 e. The van der Waals surface area contributed by atoms with E-state index >= 15 is 0 Å². The molecule has 1 heterocycles. The second kappa shape index (κ2) is 15.1. The molecule has 0 unspecified atom stereocenters. The van der Waals surface area contributed by atoms with Crippen LogP contribution in [0.1, 0.15) is 0 Å². The molecule has 0 aliphatic carbocycles. The van der Waals surface area contributed by atoms with E-state index < -0.39 is 0 Å². The Balaban J connectivity index is 1.12. The summed E-state index contributed by atoms with van der Waals surface area (Å²) in [7, 11) is 0. The number of hydrogen-bond acceptors (Lipinski definition) is 1. The molecule has 0 aliphatic heterocycles. The number of para-hydroxylation sites is 3. The van der Waals surface area contributed by atoms with E-state index in [1.165, 1.54) is 71.5 Å². The van der Waals surface area contributed by atoms with Gasteiger partial charge >= 0.3 is 0 Å². The zero-order chi connectivity index (χ0) is 39.8. The summed E-state index contributed by atoms with van der Waals surface area (Å²) in [4.78, 5) is 2.42. The third kappa shape index (κ3) is 6.23. The van der Waals surface area contributed by atoms with E-state index in [-0.39, 0.29) is 0 Å². The molecule has 0 saturated heterocycles. The number of benzene rings is 10. The Morgan fingerprint density at radius 2 is 0.917 bits per heavy atom. The minimum absolute atomic E-state index is 1.08. The Hall–Kier alpha value is -7.94. The SMILES string of the molecule is c1ccc(-c2ccccc2N(c2ccc(-c3ccc4ccccc4c3)cc2)c2cccc(-c3ccc(-c4ccccc4)c4c3c3ccccc3n4-c3ccccc3)c2)cc1. The lowest BCUT2D eigenvalue weighted by Gasteiger charge is -2.28. The summed E-state index contributed by atoms with van der Waals surface area (Å²) in [6.07, 6.45) is 0. The summed E-state index contributed by atoms with van der Waals surface area (Å²) in [6.45, 7) is 0. The van der Waals surface area contributed by atoms with Crippen LogP contribution in [0, 0.1) is 0 Å². The molecule has 0 spiro atoms. The fourth-order valence-corrected chi connectivity index (χ4v) is 8.98. The second-order valence-corrected chi connectivity index (χ2v) is 15.3. The predicted molar refractivity (Wildman–Crippen MR) is 255 cm³/mol. The zero-order valence-corrected chi connectivity index (χ0v) is 33.0. The van der Waals surface area contributed by atoms with Crippen molar-refractivity contribution in [3.63, 3.8) is 0 Å². The quantitative estimate of drug-likeness (QED) is 0.150. The Kier molecular flexibility index (Phi) is 8.87. The van der Waals surface area contributed by atoms with E-state index in [4.69, 9.17) is 0 Å². The van der Waals surface area contributed by atoms with Crippen molar-refractivity contribution in [1.82, 2.24) is 4.57 Å². The monoisotopic (exact) mass is 764 g/mol. The van der Waals surface area contributed by atoms with E-state index in [0.29, 0.717) is 0 Å². The molecular weight excluding hydrogens is 725 g/mol. The van der Waals surface area contributed by atoms with Crippen LogP contribution in [0.4, 0.5) is 17.1 Å². The topological polar surface area (TPSA) is 8.17 Å². The van der Waals surface area contributed by atoms with Crippen LogP contribution < -0.4 is 4.90 Å². The molecule has 11 aromatic rings. The van der Waals surface area contributed by atoms with Crippen LogP contribution in [0.25, 0.3) is 82.8 Å². The average Bonchev–Trinajstić information content (AvgIpc) is 3.68. The van der Waals surface area contributed by atoms with Gasteiger partial charge in [0.15, 0.2) is 0 Å². The molecule has 0 radical (unpaired) electrons. The van der Waals surface area contributed by atoms with Crippen molar-refractivity contribution >= 4 is 49.6 Å². The molecule has 2 heteroatoms. The van der Waals surface area contributed by atoms with Gasteiger partial charge in [-0.25, -0.2) is 0 Å². The van der Waals surface area contributed by atoms with Gasteiger partial charge in [-0.3, -0.25) is 0 Å². The molecule has 0 atom stereocenters. The van der Waals surface area contributed by atoms with Crippen molar-refractivity contribution in [3.8, 4) is 50.2 Å². The normalized spacial score (nSPS) is 11.3. The smallest absolute Gasteiger partial charge is 0.0625 e. The van der Waals surface area contributed by atoms with Gasteiger partial charge in [-0.1, -0.05) is 188 Å². The Labute approximate surface area is 350 Å². The molecule has 60 heavy (non-hydrogen) atoms. The predicted octanol–water partition coefficient (Wildman–Crippen LogP) is 16.1. The summed E-state index contributed by atoms with van der Waals surface area (Å²) in [5.74, 6) is 0. The van der Waals surface area contributed by atoms with Crippen LogP contribution in [-0.2, 0) is 0 Å². The first-order chi connectivity index (χ1) is 29.8. The molecule has 10 aromatic carbocycles. The Bertz CT molecular complexity index is 3290. The van der Waals surface area contributed by atoms with Gasteiger partial charge in [-0.15, -0.1) is 0 Å². The molecule has 0 fully saturated rings. The highest BCUT2D eigenvalue weighted by Crippen LogP contribution is 2.46. The lowest BCUT2D eigenvalue weighted by atomic mass is 9.94. The number of rotatable bonds is 8. The van der Waals surface area contributed by atoms with Crippen molar-refractivity contribution in [2.75, 3.05) is 4.90 Å². The van der Waals surface area contributed by atoms with E-state index in [1.54, 1.807) is 0 Å². The summed E-state index contributed by atoms with van der Waals surface area (Å²) in [5, 5.41) is 4.96. The maximum Gasteiger partial charge on any atom is 0.0625 e. The van der Waals surface area contributed by atoms with Gasteiger partial charge in [0.05, 0.1) is 16.7 Å². The summed E-state index contributed by atoms with van der Waals surface area (Å²) in [6, 6.07) is 87.9. The van der Waals surface area contributed by atoms with Crippen molar-refractivity contribution < 1.29 is 0 Å². The number of aromatic nitrogens is 1. The van der Waals surface area contributed by atoms with Gasteiger partial charge in [-0.2, -0.15) is 0 Å². The van der Waals surface area contributed by atoms with E-state index in [0.717, 1.165) is 28.3 Å². The van der Waals surface area contributed by atoms with Gasteiger partial charge in [0.1, 0.15) is 0 Å². The third-order valence-electron chi connectivity index (χ3n) is 11.8. The highest BCUT2D eigenvalue weighted by atomic mass is 15.1.